The lowest BCUT2D eigenvalue weighted by Crippen LogP contribution is -1.78. The third-order valence-corrected chi connectivity index (χ3v) is 2.92. The average molecular weight is 226 g/mol. The van der Waals surface area contributed by atoms with E-state index in [0.717, 1.165) is 21.5 Å². The standard InChI is InChI=1S/C14H10O3/c15-10-4-3-8-1-2-9-5-13(16)14(17)7-12(9)11(8)6-10/h1-7,15-17H. The summed E-state index contributed by atoms with van der Waals surface area (Å²) in [5, 5.41) is 31.9. The molecule has 0 aliphatic heterocycles. The van der Waals surface area contributed by atoms with Gasteiger partial charge in [0.15, 0.2) is 11.5 Å². The normalized spacial score (nSPS) is 11.1. The van der Waals surface area contributed by atoms with Gasteiger partial charge in [-0.15, -0.1) is 0 Å². The predicted molar refractivity (Wildman–Crippen MR) is 66.4 cm³/mol. The van der Waals surface area contributed by atoms with Crippen LogP contribution in [-0.4, -0.2) is 15.3 Å². The molecule has 0 saturated heterocycles. The van der Waals surface area contributed by atoms with Crippen LogP contribution in [0, 0.1) is 0 Å². The summed E-state index contributed by atoms with van der Waals surface area (Å²) >= 11 is 0. The highest BCUT2D eigenvalue weighted by molar-refractivity contribution is 6.08. The number of benzene rings is 3. The van der Waals surface area contributed by atoms with Crippen molar-refractivity contribution in [3.05, 3.63) is 42.5 Å². The molecule has 0 bridgehead atoms. The lowest BCUT2D eigenvalue weighted by Gasteiger charge is -2.06. The van der Waals surface area contributed by atoms with Crippen LogP contribution in [0.25, 0.3) is 21.5 Å². The highest BCUT2D eigenvalue weighted by Gasteiger charge is 2.06. The van der Waals surface area contributed by atoms with Crippen molar-refractivity contribution in [3.63, 3.8) is 0 Å². The third kappa shape index (κ3) is 1.44. The summed E-state index contributed by atoms with van der Waals surface area (Å²) in [6, 6.07) is 11.9. The van der Waals surface area contributed by atoms with Gasteiger partial charge in [0.05, 0.1) is 0 Å². The predicted octanol–water partition coefficient (Wildman–Crippen LogP) is 3.11. The minimum Gasteiger partial charge on any atom is -0.508 e. The van der Waals surface area contributed by atoms with E-state index in [0.29, 0.717) is 0 Å². The SMILES string of the molecule is Oc1ccc2ccc3cc(O)c(O)cc3c2c1. The number of phenols is 3. The second-order valence-electron chi connectivity index (χ2n) is 4.03. The summed E-state index contributed by atoms with van der Waals surface area (Å²) in [7, 11) is 0. The Kier molecular flexibility index (Phi) is 1.89. The smallest absolute Gasteiger partial charge is 0.158 e. The Hall–Kier alpha value is -2.42. The van der Waals surface area contributed by atoms with Crippen LogP contribution < -0.4 is 0 Å². The van der Waals surface area contributed by atoms with E-state index in [1.165, 1.54) is 12.1 Å². The number of fused-ring (bicyclic) bond motifs is 3. The van der Waals surface area contributed by atoms with E-state index in [1.54, 1.807) is 12.1 Å². The zero-order valence-electron chi connectivity index (χ0n) is 8.88. The summed E-state index contributed by atoms with van der Waals surface area (Å²) in [4.78, 5) is 0. The van der Waals surface area contributed by atoms with Gasteiger partial charge in [-0.2, -0.15) is 0 Å². The molecule has 0 unspecified atom stereocenters. The quantitative estimate of drug-likeness (QED) is 0.407. The zero-order chi connectivity index (χ0) is 12.0. The van der Waals surface area contributed by atoms with Crippen LogP contribution in [0.15, 0.2) is 42.5 Å². The van der Waals surface area contributed by atoms with Crippen LogP contribution in [0.1, 0.15) is 0 Å². The maximum absolute atomic E-state index is 9.53. The first kappa shape index (κ1) is 9.78. The molecular weight excluding hydrogens is 216 g/mol. The van der Waals surface area contributed by atoms with Crippen molar-refractivity contribution in [2.24, 2.45) is 0 Å². The van der Waals surface area contributed by atoms with E-state index in [-0.39, 0.29) is 17.2 Å². The molecule has 3 nitrogen and oxygen atoms in total. The molecule has 3 aromatic carbocycles. The van der Waals surface area contributed by atoms with E-state index < -0.39 is 0 Å². The number of rotatable bonds is 0. The summed E-state index contributed by atoms with van der Waals surface area (Å²) in [5.41, 5.74) is 0. The average Bonchev–Trinajstić information content (AvgIpc) is 2.31. The third-order valence-electron chi connectivity index (χ3n) is 2.92. The van der Waals surface area contributed by atoms with Crippen molar-refractivity contribution in [2.45, 2.75) is 0 Å². The number of hydrogen-bond donors (Lipinski definition) is 3. The molecule has 17 heavy (non-hydrogen) atoms. The second kappa shape index (κ2) is 3.28. The molecule has 0 amide bonds. The van der Waals surface area contributed by atoms with Crippen LogP contribution in [-0.2, 0) is 0 Å². The second-order valence-corrected chi connectivity index (χ2v) is 4.03. The summed E-state index contributed by atoms with van der Waals surface area (Å²) in [6.45, 7) is 0. The van der Waals surface area contributed by atoms with Gasteiger partial charge in [0, 0.05) is 0 Å². The lowest BCUT2D eigenvalue weighted by atomic mass is 10.0. The fourth-order valence-corrected chi connectivity index (χ4v) is 2.07. The molecule has 0 heterocycles. The highest BCUT2D eigenvalue weighted by atomic mass is 16.3. The van der Waals surface area contributed by atoms with E-state index in [9.17, 15) is 15.3 Å². The van der Waals surface area contributed by atoms with E-state index in [4.69, 9.17) is 0 Å². The van der Waals surface area contributed by atoms with Gasteiger partial charge in [0.25, 0.3) is 0 Å². The fraction of sp³-hybridized carbons (Fsp3) is 0. The Labute approximate surface area is 97.2 Å². The van der Waals surface area contributed by atoms with Crippen LogP contribution >= 0.6 is 0 Å². The van der Waals surface area contributed by atoms with Gasteiger partial charge in [-0.3, -0.25) is 0 Å². The van der Waals surface area contributed by atoms with Crippen LogP contribution in [0.3, 0.4) is 0 Å². The molecule has 0 saturated carbocycles. The molecule has 3 rings (SSSR count). The van der Waals surface area contributed by atoms with Gasteiger partial charge < -0.3 is 15.3 Å². The molecule has 0 fully saturated rings. The molecule has 3 aromatic rings. The molecule has 3 N–H and O–H groups in total. The Balaban J connectivity index is 2.53. The first-order valence-corrected chi connectivity index (χ1v) is 5.22. The molecule has 0 aromatic heterocycles. The van der Waals surface area contributed by atoms with Crippen LogP contribution in [0.2, 0.25) is 0 Å². The van der Waals surface area contributed by atoms with E-state index >= 15 is 0 Å². The molecule has 0 spiro atoms. The molecule has 0 aliphatic rings. The molecular formula is C14H10O3. The van der Waals surface area contributed by atoms with Gasteiger partial charge in [-0.1, -0.05) is 18.2 Å². The van der Waals surface area contributed by atoms with Crippen LogP contribution in [0.5, 0.6) is 17.2 Å². The van der Waals surface area contributed by atoms with Crippen LogP contribution in [0.4, 0.5) is 0 Å². The minimum atomic E-state index is -0.159. The Morgan fingerprint density at radius 3 is 2.00 bits per heavy atom. The first-order chi connectivity index (χ1) is 8.15. The van der Waals surface area contributed by atoms with Gasteiger partial charge in [0.1, 0.15) is 5.75 Å². The molecule has 0 aliphatic carbocycles. The van der Waals surface area contributed by atoms with Crippen molar-refractivity contribution in [1.82, 2.24) is 0 Å². The fourth-order valence-electron chi connectivity index (χ4n) is 2.07. The Morgan fingerprint density at radius 1 is 0.588 bits per heavy atom. The van der Waals surface area contributed by atoms with Crippen molar-refractivity contribution in [1.29, 1.82) is 0 Å². The summed E-state index contributed by atoms with van der Waals surface area (Å²) < 4.78 is 0. The maximum Gasteiger partial charge on any atom is 0.158 e. The topological polar surface area (TPSA) is 60.7 Å². The van der Waals surface area contributed by atoms with Gasteiger partial charge in [0.2, 0.25) is 0 Å². The Bertz CT molecular complexity index is 732. The first-order valence-electron chi connectivity index (χ1n) is 5.22. The van der Waals surface area contributed by atoms with Crippen molar-refractivity contribution >= 4 is 21.5 Å². The summed E-state index contributed by atoms with van der Waals surface area (Å²) in [6.07, 6.45) is 0. The number of phenolic OH excluding ortho intramolecular Hbond substituents is 3. The maximum atomic E-state index is 9.53. The zero-order valence-corrected chi connectivity index (χ0v) is 8.88. The molecule has 84 valence electrons. The van der Waals surface area contributed by atoms with Gasteiger partial charge in [-0.05, 0) is 45.8 Å². The van der Waals surface area contributed by atoms with Crippen molar-refractivity contribution < 1.29 is 15.3 Å². The molecule has 0 radical (unpaired) electrons. The van der Waals surface area contributed by atoms with Gasteiger partial charge in [-0.25, -0.2) is 0 Å². The monoisotopic (exact) mass is 226 g/mol. The van der Waals surface area contributed by atoms with Gasteiger partial charge >= 0.3 is 0 Å². The molecule has 3 heteroatoms. The summed E-state index contributed by atoms with van der Waals surface area (Å²) in [5.74, 6) is -0.122. The largest absolute Gasteiger partial charge is 0.508 e. The highest BCUT2D eigenvalue weighted by Crippen LogP contribution is 2.35. The van der Waals surface area contributed by atoms with Crippen molar-refractivity contribution in [3.8, 4) is 17.2 Å². The lowest BCUT2D eigenvalue weighted by molar-refractivity contribution is 0.405. The molecule has 0 atom stereocenters. The number of aromatic hydroxyl groups is 3. The minimum absolute atomic E-state index is 0.142. The van der Waals surface area contributed by atoms with E-state index in [1.807, 2.05) is 18.2 Å². The van der Waals surface area contributed by atoms with Crippen molar-refractivity contribution in [2.75, 3.05) is 0 Å². The number of hydrogen-bond acceptors (Lipinski definition) is 3. The Morgan fingerprint density at radius 2 is 1.18 bits per heavy atom. The van der Waals surface area contributed by atoms with E-state index in [2.05, 4.69) is 0 Å².